The van der Waals surface area contributed by atoms with E-state index >= 15 is 0 Å². The lowest BCUT2D eigenvalue weighted by Gasteiger charge is -2.26. The predicted molar refractivity (Wildman–Crippen MR) is 99.1 cm³/mol. The van der Waals surface area contributed by atoms with Crippen LogP contribution in [0.3, 0.4) is 0 Å². The third-order valence-electron chi connectivity index (χ3n) is 4.73. The number of nitrogens with zero attached hydrogens (tertiary/aromatic N) is 3. The van der Waals surface area contributed by atoms with Crippen LogP contribution in [0.4, 0.5) is 0 Å². The lowest BCUT2D eigenvalue weighted by Crippen LogP contribution is -2.35. The monoisotopic (exact) mass is 452 g/mol. The predicted octanol–water partition coefficient (Wildman–Crippen LogP) is 1.55. The summed E-state index contributed by atoms with van der Waals surface area (Å²) in [5.74, 6) is 0. The molecule has 6 nitrogen and oxygen atoms in total. The molecule has 0 amide bonds. The van der Waals surface area contributed by atoms with Gasteiger partial charge in [-0.3, -0.25) is 10.00 Å². The summed E-state index contributed by atoms with van der Waals surface area (Å²) in [5, 5.41) is 7.14. The highest BCUT2D eigenvalue weighted by Gasteiger charge is 2.33. The first-order chi connectivity index (χ1) is 11.0. The number of hydrogen-bond donors (Lipinski definition) is 1. The molecule has 1 N–H and O–H groups in total. The number of hydrogen-bond acceptors (Lipinski definition) is 5. The molecule has 0 aromatic carbocycles. The summed E-state index contributed by atoms with van der Waals surface area (Å²) in [7, 11) is -3.16. The van der Waals surface area contributed by atoms with E-state index < -0.39 is 15.2 Å². The molecule has 1 unspecified atom stereocenters. The van der Waals surface area contributed by atoms with E-state index in [0.29, 0.717) is 6.54 Å². The molecule has 1 aromatic rings. The summed E-state index contributed by atoms with van der Waals surface area (Å²) in [4.78, 5) is 2.53. The SMILES string of the molecule is CS(=O)(=O)C1NCCc2c1c(I)nn2CCCN1CCCCC1. The van der Waals surface area contributed by atoms with Crippen LogP contribution < -0.4 is 5.32 Å². The smallest absolute Gasteiger partial charge is 0.167 e. The van der Waals surface area contributed by atoms with Crippen molar-refractivity contribution < 1.29 is 8.42 Å². The van der Waals surface area contributed by atoms with E-state index in [1.165, 1.54) is 38.6 Å². The molecule has 2 aliphatic rings. The van der Waals surface area contributed by atoms with Crippen molar-refractivity contribution >= 4 is 32.4 Å². The minimum Gasteiger partial charge on any atom is -0.303 e. The van der Waals surface area contributed by atoms with Crippen molar-refractivity contribution in [2.24, 2.45) is 0 Å². The Labute approximate surface area is 152 Å². The van der Waals surface area contributed by atoms with Gasteiger partial charge in [-0.15, -0.1) is 0 Å². The zero-order valence-electron chi connectivity index (χ0n) is 13.6. The first-order valence-corrected chi connectivity index (χ1v) is 11.4. The van der Waals surface area contributed by atoms with Gasteiger partial charge in [0.15, 0.2) is 9.84 Å². The molecular formula is C15H25IN4O2S. The third-order valence-corrected chi connectivity index (χ3v) is 6.78. The summed E-state index contributed by atoms with van der Waals surface area (Å²) in [6.45, 7) is 5.11. The summed E-state index contributed by atoms with van der Waals surface area (Å²) in [6, 6.07) is 0. The highest BCUT2D eigenvalue weighted by atomic mass is 127. The van der Waals surface area contributed by atoms with Gasteiger partial charge in [0, 0.05) is 37.0 Å². The number of aryl methyl sites for hydroxylation is 1. The number of nitrogens with one attached hydrogen (secondary N) is 1. The fourth-order valence-electron chi connectivity index (χ4n) is 3.60. The van der Waals surface area contributed by atoms with Crippen molar-refractivity contribution in [1.29, 1.82) is 0 Å². The van der Waals surface area contributed by atoms with Gasteiger partial charge in [-0.1, -0.05) is 6.42 Å². The van der Waals surface area contributed by atoms with Gasteiger partial charge in [0.25, 0.3) is 0 Å². The van der Waals surface area contributed by atoms with Crippen LogP contribution in [0, 0.1) is 3.70 Å². The van der Waals surface area contributed by atoms with Gasteiger partial charge in [0.2, 0.25) is 0 Å². The Hall–Kier alpha value is -0.190. The van der Waals surface area contributed by atoms with Crippen LogP contribution in [-0.4, -0.2) is 55.5 Å². The standard InChI is InChI=1S/C15H25IN4O2S/c1-23(21,22)15-13-12(6-7-17-15)20(18-14(13)16)11-5-10-19-8-3-2-4-9-19/h15,17H,2-11H2,1H3. The van der Waals surface area contributed by atoms with E-state index in [0.717, 1.165) is 40.9 Å². The molecule has 130 valence electrons. The van der Waals surface area contributed by atoms with Gasteiger partial charge in [-0.05, 0) is 61.5 Å². The maximum absolute atomic E-state index is 12.0. The highest BCUT2D eigenvalue weighted by molar-refractivity contribution is 14.1. The highest BCUT2D eigenvalue weighted by Crippen LogP contribution is 2.30. The molecule has 0 radical (unpaired) electrons. The number of piperidine rings is 1. The second kappa shape index (κ2) is 7.37. The van der Waals surface area contributed by atoms with Gasteiger partial charge in [0.1, 0.15) is 9.07 Å². The van der Waals surface area contributed by atoms with E-state index in [2.05, 4.69) is 37.9 Å². The first kappa shape index (κ1) is 17.6. The number of rotatable bonds is 5. The number of likely N-dealkylation sites (tertiary alicyclic amines) is 1. The maximum Gasteiger partial charge on any atom is 0.167 e. The van der Waals surface area contributed by atoms with Crippen molar-refractivity contribution in [3.63, 3.8) is 0 Å². The lowest BCUT2D eigenvalue weighted by molar-refractivity contribution is 0.221. The van der Waals surface area contributed by atoms with E-state index in [1.807, 2.05) is 4.68 Å². The zero-order valence-corrected chi connectivity index (χ0v) is 16.6. The fraction of sp³-hybridized carbons (Fsp3) is 0.800. The second-order valence-electron chi connectivity index (χ2n) is 6.54. The van der Waals surface area contributed by atoms with E-state index in [1.54, 1.807) is 0 Å². The van der Waals surface area contributed by atoms with Crippen molar-refractivity contribution in [3.05, 3.63) is 15.0 Å². The van der Waals surface area contributed by atoms with E-state index in [-0.39, 0.29) is 0 Å². The molecule has 0 spiro atoms. The van der Waals surface area contributed by atoms with Gasteiger partial charge in [-0.2, -0.15) is 5.10 Å². The minimum atomic E-state index is -3.16. The van der Waals surface area contributed by atoms with Gasteiger partial charge in [0.05, 0.1) is 0 Å². The summed E-state index contributed by atoms with van der Waals surface area (Å²) >= 11 is 2.17. The summed E-state index contributed by atoms with van der Waals surface area (Å²) in [6.07, 6.45) is 7.21. The molecule has 0 bridgehead atoms. The molecule has 0 saturated carbocycles. The average Bonchev–Trinajstić information content (AvgIpc) is 2.84. The Balaban J connectivity index is 1.69. The van der Waals surface area contributed by atoms with Crippen molar-refractivity contribution in [2.75, 3.05) is 32.4 Å². The Morgan fingerprint density at radius 1 is 1.26 bits per heavy atom. The lowest BCUT2D eigenvalue weighted by atomic mass is 10.1. The van der Waals surface area contributed by atoms with Crippen LogP contribution in [0.25, 0.3) is 0 Å². The second-order valence-corrected chi connectivity index (χ2v) is 9.70. The molecule has 0 aliphatic carbocycles. The summed E-state index contributed by atoms with van der Waals surface area (Å²) in [5.41, 5.74) is 1.97. The number of halogens is 1. The zero-order chi connectivity index (χ0) is 16.4. The first-order valence-electron chi connectivity index (χ1n) is 8.36. The molecule has 3 heterocycles. The van der Waals surface area contributed by atoms with E-state index in [4.69, 9.17) is 0 Å². The molecule has 1 saturated heterocycles. The van der Waals surface area contributed by atoms with Gasteiger partial charge in [-0.25, -0.2) is 8.42 Å². The van der Waals surface area contributed by atoms with Crippen molar-refractivity contribution in [1.82, 2.24) is 20.0 Å². The quantitative estimate of drug-likeness (QED) is 0.687. The van der Waals surface area contributed by atoms with Crippen LogP contribution in [0.2, 0.25) is 0 Å². The molecule has 1 aromatic heterocycles. The Bertz CT molecular complexity index is 653. The van der Waals surface area contributed by atoms with Crippen molar-refractivity contribution in [3.8, 4) is 0 Å². The molecule has 2 aliphatic heterocycles. The number of fused-ring (bicyclic) bond motifs is 1. The maximum atomic E-state index is 12.0. The van der Waals surface area contributed by atoms with Gasteiger partial charge < -0.3 is 4.90 Å². The van der Waals surface area contributed by atoms with Crippen LogP contribution in [0.5, 0.6) is 0 Å². The fourth-order valence-corrected chi connectivity index (χ4v) is 5.79. The van der Waals surface area contributed by atoms with Crippen LogP contribution in [0.1, 0.15) is 42.3 Å². The average molecular weight is 452 g/mol. The normalized spacial score (nSPS) is 23.0. The Morgan fingerprint density at radius 3 is 2.70 bits per heavy atom. The number of aromatic nitrogens is 2. The molecular weight excluding hydrogens is 427 g/mol. The molecule has 23 heavy (non-hydrogen) atoms. The Morgan fingerprint density at radius 2 is 2.00 bits per heavy atom. The number of sulfone groups is 1. The Kier molecular flexibility index (Phi) is 5.64. The molecule has 1 fully saturated rings. The molecule has 8 heteroatoms. The third kappa shape index (κ3) is 4.08. The molecule has 3 rings (SSSR count). The topological polar surface area (TPSA) is 67.2 Å². The summed E-state index contributed by atoms with van der Waals surface area (Å²) < 4.78 is 26.9. The van der Waals surface area contributed by atoms with Crippen LogP contribution in [0.15, 0.2) is 0 Å². The van der Waals surface area contributed by atoms with Gasteiger partial charge >= 0.3 is 0 Å². The minimum absolute atomic E-state index is 0.603. The van der Waals surface area contributed by atoms with Crippen molar-refractivity contribution in [2.45, 2.75) is 44.0 Å². The largest absolute Gasteiger partial charge is 0.303 e. The van der Waals surface area contributed by atoms with Crippen LogP contribution >= 0.6 is 22.6 Å². The molecule has 1 atom stereocenters. The van der Waals surface area contributed by atoms with E-state index in [9.17, 15) is 8.42 Å². The van der Waals surface area contributed by atoms with Crippen LogP contribution in [-0.2, 0) is 22.8 Å².